The van der Waals surface area contributed by atoms with E-state index in [1.54, 1.807) is 4.68 Å². The highest BCUT2D eigenvalue weighted by Crippen LogP contribution is 2.20. The van der Waals surface area contributed by atoms with Gasteiger partial charge in [0.25, 0.3) is 0 Å². The molecule has 2 aromatic rings. The van der Waals surface area contributed by atoms with Crippen LogP contribution in [-0.4, -0.2) is 21.6 Å². The van der Waals surface area contributed by atoms with Gasteiger partial charge < -0.3 is 10.5 Å². The second-order valence-corrected chi connectivity index (χ2v) is 4.22. The van der Waals surface area contributed by atoms with Crippen LogP contribution in [0, 0.1) is 13.8 Å². The molecule has 0 aliphatic rings. The predicted octanol–water partition coefficient (Wildman–Crippen LogP) is 1.43. The number of benzene rings is 1. The largest absolute Gasteiger partial charge is 0.491 e. The van der Waals surface area contributed by atoms with Gasteiger partial charge in [-0.1, -0.05) is 17.3 Å². The molecule has 0 saturated carbocycles. The molecule has 5 nitrogen and oxygen atoms in total. The van der Waals surface area contributed by atoms with Crippen molar-refractivity contribution in [3.05, 3.63) is 41.2 Å². The van der Waals surface area contributed by atoms with E-state index in [9.17, 15) is 0 Å². The summed E-state index contributed by atoms with van der Waals surface area (Å²) in [6.07, 6.45) is 1.84. The van der Waals surface area contributed by atoms with Gasteiger partial charge in [0.05, 0.1) is 12.2 Å². The van der Waals surface area contributed by atoms with Crippen LogP contribution in [-0.2, 0) is 13.1 Å². The number of nitrogens with zero attached hydrogens (tertiary/aromatic N) is 3. The molecule has 2 rings (SSSR count). The minimum absolute atomic E-state index is 0.415. The highest BCUT2D eigenvalue weighted by Gasteiger charge is 2.02. The number of aromatic nitrogens is 3. The topological polar surface area (TPSA) is 66.0 Å². The highest BCUT2D eigenvalue weighted by molar-refractivity contribution is 5.38. The Kier molecular flexibility index (Phi) is 3.94. The van der Waals surface area contributed by atoms with Crippen molar-refractivity contribution in [3.8, 4) is 5.75 Å². The maximum Gasteiger partial charge on any atom is 0.122 e. The van der Waals surface area contributed by atoms with Gasteiger partial charge >= 0.3 is 0 Å². The Balaban J connectivity index is 1.90. The van der Waals surface area contributed by atoms with E-state index in [0.29, 0.717) is 19.7 Å². The summed E-state index contributed by atoms with van der Waals surface area (Å²) in [6.45, 7) is 5.79. The third-order valence-electron chi connectivity index (χ3n) is 2.93. The second kappa shape index (κ2) is 5.64. The molecular formula is C13H18N4O. The normalized spacial score (nSPS) is 10.6. The molecule has 0 aliphatic carbocycles. The lowest BCUT2D eigenvalue weighted by atomic mass is 10.1. The Labute approximate surface area is 107 Å². The van der Waals surface area contributed by atoms with Gasteiger partial charge in [0, 0.05) is 12.7 Å². The minimum Gasteiger partial charge on any atom is -0.491 e. The fourth-order valence-corrected chi connectivity index (χ4v) is 1.67. The molecule has 0 aliphatic heterocycles. The van der Waals surface area contributed by atoms with Crippen molar-refractivity contribution < 1.29 is 4.74 Å². The molecule has 0 unspecified atom stereocenters. The average molecular weight is 246 g/mol. The maximum atomic E-state index is 5.74. The van der Waals surface area contributed by atoms with Crippen LogP contribution in [0.15, 0.2) is 24.4 Å². The van der Waals surface area contributed by atoms with Crippen molar-refractivity contribution >= 4 is 0 Å². The third-order valence-corrected chi connectivity index (χ3v) is 2.93. The number of ether oxygens (including phenoxy) is 1. The lowest BCUT2D eigenvalue weighted by molar-refractivity contribution is 0.288. The number of nitrogens with two attached hydrogens (primary N) is 1. The summed E-state index contributed by atoms with van der Waals surface area (Å²) in [4.78, 5) is 0. The first-order chi connectivity index (χ1) is 8.70. The van der Waals surface area contributed by atoms with Gasteiger partial charge in [-0.3, -0.25) is 0 Å². The van der Waals surface area contributed by atoms with Crippen LogP contribution in [0.5, 0.6) is 5.75 Å². The minimum atomic E-state index is 0.415. The molecule has 0 saturated heterocycles. The van der Waals surface area contributed by atoms with E-state index in [1.807, 2.05) is 18.3 Å². The van der Waals surface area contributed by atoms with Crippen LogP contribution in [0.3, 0.4) is 0 Å². The summed E-state index contributed by atoms with van der Waals surface area (Å²) in [7, 11) is 0. The number of hydrogen-bond acceptors (Lipinski definition) is 4. The Morgan fingerprint density at radius 1 is 1.33 bits per heavy atom. The van der Waals surface area contributed by atoms with Crippen molar-refractivity contribution in [3.63, 3.8) is 0 Å². The summed E-state index contributed by atoms with van der Waals surface area (Å²) in [5.74, 6) is 0.925. The molecular weight excluding hydrogens is 228 g/mol. The molecule has 0 atom stereocenters. The molecule has 1 aromatic heterocycles. The summed E-state index contributed by atoms with van der Waals surface area (Å²) < 4.78 is 7.49. The van der Waals surface area contributed by atoms with Crippen molar-refractivity contribution in [1.82, 2.24) is 15.0 Å². The molecule has 18 heavy (non-hydrogen) atoms. The zero-order valence-corrected chi connectivity index (χ0v) is 10.8. The maximum absolute atomic E-state index is 5.74. The van der Waals surface area contributed by atoms with Gasteiger partial charge in [0.15, 0.2) is 0 Å². The molecule has 1 heterocycles. The number of hydrogen-bond donors (Lipinski definition) is 1. The van der Waals surface area contributed by atoms with Gasteiger partial charge in [-0.2, -0.15) is 0 Å². The fraction of sp³-hybridized carbons (Fsp3) is 0.385. The molecule has 0 amide bonds. The van der Waals surface area contributed by atoms with Crippen molar-refractivity contribution in [2.75, 3.05) is 6.61 Å². The smallest absolute Gasteiger partial charge is 0.122 e. The van der Waals surface area contributed by atoms with E-state index in [2.05, 4.69) is 30.2 Å². The number of aryl methyl sites for hydroxylation is 1. The summed E-state index contributed by atoms with van der Waals surface area (Å²) in [5, 5.41) is 7.89. The van der Waals surface area contributed by atoms with E-state index in [4.69, 9.17) is 10.5 Å². The first-order valence-corrected chi connectivity index (χ1v) is 5.99. The van der Waals surface area contributed by atoms with Gasteiger partial charge in [-0.05, 0) is 31.0 Å². The molecule has 0 spiro atoms. The standard InChI is InChI=1S/C13H18N4O/c1-10-4-3-5-13(11(10)2)18-7-6-17-9-12(8-14)15-16-17/h3-5,9H,6-8,14H2,1-2H3. The Morgan fingerprint density at radius 2 is 2.17 bits per heavy atom. The number of rotatable bonds is 5. The quantitative estimate of drug-likeness (QED) is 0.866. The zero-order valence-electron chi connectivity index (χ0n) is 10.8. The van der Waals surface area contributed by atoms with E-state index >= 15 is 0 Å². The Bertz CT molecular complexity index is 521. The lowest BCUT2D eigenvalue weighted by Crippen LogP contribution is -2.09. The van der Waals surface area contributed by atoms with Gasteiger partial charge in [0.1, 0.15) is 12.4 Å². The molecule has 5 heteroatoms. The van der Waals surface area contributed by atoms with Gasteiger partial charge in [0.2, 0.25) is 0 Å². The van der Waals surface area contributed by atoms with Crippen LogP contribution in [0.1, 0.15) is 16.8 Å². The van der Waals surface area contributed by atoms with E-state index < -0.39 is 0 Å². The summed E-state index contributed by atoms with van der Waals surface area (Å²) >= 11 is 0. The van der Waals surface area contributed by atoms with Crippen LogP contribution in [0.2, 0.25) is 0 Å². The van der Waals surface area contributed by atoms with Crippen molar-refractivity contribution in [1.29, 1.82) is 0 Å². The van der Waals surface area contributed by atoms with Gasteiger partial charge in [-0.15, -0.1) is 5.10 Å². The molecule has 0 fully saturated rings. The van der Waals surface area contributed by atoms with E-state index in [1.165, 1.54) is 11.1 Å². The van der Waals surface area contributed by atoms with Crippen LogP contribution < -0.4 is 10.5 Å². The van der Waals surface area contributed by atoms with Crippen molar-refractivity contribution in [2.45, 2.75) is 26.9 Å². The molecule has 0 radical (unpaired) electrons. The predicted molar refractivity (Wildman–Crippen MR) is 69.3 cm³/mol. The molecule has 96 valence electrons. The van der Waals surface area contributed by atoms with Gasteiger partial charge in [-0.25, -0.2) is 4.68 Å². The molecule has 1 aromatic carbocycles. The average Bonchev–Trinajstić information content (AvgIpc) is 2.82. The third kappa shape index (κ3) is 2.87. The zero-order chi connectivity index (χ0) is 13.0. The summed E-state index contributed by atoms with van der Waals surface area (Å²) in [5.41, 5.74) is 8.68. The van der Waals surface area contributed by atoms with Crippen LogP contribution in [0.4, 0.5) is 0 Å². The monoisotopic (exact) mass is 246 g/mol. The Hall–Kier alpha value is -1.88. The van der Waals surface area contributed by atoms with Crippen molar-refractivity contribution in [2.24, 2.45) is 5.73 Å². The van der Waals surface area contributed by atoms with E-state index in [0.717, 1.165) is 11.4 Å². The first kappa shape index (κ1) is 12.6. The molecule has 2 N–H and O–H groups in total. The van der Waals surface area contributed by atoms with Crippen LogP contribution in [0.25, 0.3) is 0 Å². The molecule has 0 bridgehead atoms. The van der Waals surface area contributed by atoms with E-state index in [-0.39, 0.29) is 0 Å². The SMILES string of the molecule is Cc1cccc(OCCn2cc(CN)nn2)c1C. The second-order valence-electron chi connectivity index (χ2n) is 4.22. The van der Waals surface area contributed by atoms with Crippen LogP contribution >= 0.6 is 0 Å². The lowest BCUT2D eigenvalue weighted by Gasteiger charge is -2.10. The highest BCUT2D eigenvalue weighted by atomic mass is 16.5. The Morgan fingerprint density at radius 3 is 2.89 bits per heavy atom. The fourth-order valence-electron chi connectivity index (χ4n) is 1.67. The summed E-state index contributed by atoms with van der Waals surface area (Å²) in [6, 6.07) is 6.06. The first-order valence-electron chi connectivity index (χ1n) is 5.99.